The second-order valence-electron chi connectivity index (χ2n) is 8.56. The van der Waals surface area contributed by atoms with E-state index in [1.807, 2.05) is 25.4 Å². The molecule has 4 aromatic heterocycles. The smallest absolute Gasteiger partial charge is 0.257 e. The maximum atomic E-state index is 13.1. The van der Waals surface area contributed by atoms with Crippen LogP contribution in [0, 0.1) is 0 Å². The minimum Gasteiger partial charge on any atom is -0.379 e. The number of pyridine rings is 1. The molecule has 9 nitrogen and oxygen atoms in total. The summed E-state index contributed by atoms with van der Waals surface area (Å²) in [6.07, 6.45) is 9.83. The molecule has 2 aliphatic rings. The molecule has 0 radical (unpaired) electrons. The van der Waals surface area contributed by atoms with Crippen molar-refractivity contribution in [2.75, 3.05) is 19.5 Å². The van der Waals surface area contributed by atoms with E-state index < -0.39 is 0 Å². The van der Waals surface area contributed by atoms with E-state index in [0.717, 1.165) is 41.0 Å². The molecule has 164 valence electrons. The number of anilines is 1. The number of hydrogen-bond acceptors (Lipinski definition) is 6. The fraction of sp³-hybridized carbons (Fsp3) is 0.391. The maximum absolute atomic E-state index is 13.1. The fourth-order valence-corrected chi connectivity index (χ4v) is 4.52. The summed E-state index contributed by atoms with van der Waals surface area (Å²) in [6, 6.07) is 6.52. The Hall–Kier alpha value is -3.46. The summed E-state index contributed by atoms with van der Waals surface area (Å²) in [7, 11) is 3.52. The Morgan fingerprint density at radius 1 is 1.22 bits per heavy atom. The van der Waals surface area contributed by atoms with E-state index in [0.29, 0.717) is 17.3 Å². The molecule has 0 bridgehead atoms. The second-order valence-corrected chi connectivity index (χ2v) is 8.56. The lowest BCUT2D eigenvalue weighted by molar-refractivity contribution is 0.00732. The van der Waals surface area contributed by atoms with Gasteiger partial charge in [-0.1, -0.05) is 0 Å². The summed E-state index contributed by atoms with van der Waals surface area (Å²) in [6.45, 7) is 0. The average molecular weight is 432 g/mol. The van der Waals surface area contributed by atoms with Gasteiger partial charge in [-0.2, -0.15) is 9.61 Å². The standard InChI is InChI=1S/C23H25N7O2/c1-24-20-10-18(16-12-29(13-5-6-13)21-14(16)4-3-9-25-21)27-22-15(11-26-30(20)22)23(31)28-17-7-8-19(17)32-2/h3-4,9-13,17,19,24H,5-8H2,1-2H3,(H,28,31). The molecule has 2 saturated carbocycles. The number of hydrogen-bond donors (Lipinski definition) is 2. The molecule has 9 heteroatoms. The van der Waals surface area contributed by atoms with Crippen LogP contribution in [0.2, 0.25) is 0 Å². The molecule has 1 amide bonds. The van der Waals surface area contributed by atoms with Crippen molar-refractivity contribution < 1.29 is 9.53 Å². The van der Waals surface area contributed by atoms with Gasteiger partial charge < -0.3 is 19.9 Å². The minimum atomic E-state index is -0.180. The van der Waals surface area contributed by atoms with Crippen molar-refractivity contribution in [3.63, 3.8) is 0 Å². The van der Waals surface area contributed by atoms with E-state index >= 15 is 0 Å². The van der Waals surface area contributed by atoms with Gasteiger partial charge in [-0.25, -0.2) is 9.97 Å². The zero-order valence-electron chi connectivity index (χ0n) is 18.1. The van der Waals surface area contributed by atoms with Crippen LogP contribution in [-0.4, -0.2) is 56.4 Å². The van der Waals surface area contributed by atoms with Crippen LogP contribution in [0.25, 0.3) is 27.9 Å². The lowest BCUT2D eigenvalue weighted by Gasteiger charge is -2.35. The van der Waals surface area contributed by atoms with Crippen LogP contribution >= 0.6 is 0 Å². The Morgan fingerprint density at radius 2 is 2.09 bits per heavy atom. The molecular formula is C23H25N7O2. The molecular weight excluding hydrogens is 406 g/mol. The molecule has 2 atom stereocenters. The third-order valence-corrected chi connectivity index (χ3v) is 6.61. The molecule has 2 unspecified atom stereocenters. The van der Waals surface area contributed by atoms with Crippen LogP contribution in [0.1, 0.15) is 42.1 Å². The molecule has 0 saturated heterocycles. The molecule has 0 spiro atoms. The van der Waals surface area contributed by atoms with Gasteiger partial charge >= 0.3 is 0 Å². The second kappa shape index (κ2) is 7.30. The van der Waals surface area contributed by atoms with Gasteiger partial charge in [0.2, 0.25) is 0 Å². The normalized spacial score (nSPS) is 20.4. The van der Waals surface area contributed by atoms with Crippen molar-refractivity contribution in [2.24, 2.45) is 0 Å². The lowest BCUT2D eigenvalue weighted by Crippen LogP contribution is -2.51. The number of nitrogens with zero attached hydrogens (tertiary/aromatic N) is 5. The zero-order chi connectivity index (χ0) is 21.8. The highest BCUT2D eigenvalue weighted by Gasteiger charge is 2.33. The number of carbonyl (C=O) groups excluding carboxylic acids is 1. The van der Waals surface area contributed by atoms with Crippen LogP contribution in [-0.2, 0) is 4.74 Å². The van der Waals surface area contributed by atoms with Crippen LogP contribution in [0.15, 0.2) is 36.8 Å². The number of aromatic nitrogens is 5. The van der Waals surface area contributed by atoms with E-state index in [4.69, 9.17) is 9.72 Å². The van der Waals surface area contributed by atoms with Crippen LogP contribution in [0.4, 0.5) is 5.82 Å². The largest absolute Gasteiger partial charge is 0.379 e. The average Bonchev–Trinajstić information content (AvgIpc) is 3.43. The summed E-state index contributed by atoms with van der Waals surface area (Å²) in [4.78, 5) is 22.6. The van der Waals surface area contributed by atoms with Gasteiger partial charge in [-0.3, -0.25) is 4.79 Å². The number of nitrogens with one attached hydrogen (secondary N) is 2. The molecule has 6 rings (SSSR count). The highest BCUT2D eigenvalue weighted by molar-refractivity contribution is 6.01. The number of methoxy groups -OCH3 is 1. The van der Waals surface area contributed by atoms with Crippen molar-refractivity contribution in [1.82, 2.24) is 29.5 Å². The SMILES string of the molecule is CNc1cc(-c2cn(C3CC3)c3ncccc23)nc2c(C(=O)NC3CCC3OC)cnn12. The van der Waals surface area contributed by atoms with Gasteiger partial charge in [0.1, 0.15) is 17.0 Å². The molecule has 32 heavy (non-hydrogen) atoms. The predicted molar refractivity (Wildman–Crippen MR) is 121 cm³/mol. The van der Waals surface area contributed by atoms with Crippen LogP contribution < -0.4 is 10.6 Å². The summed E-state index contributed by atoms with van der Waals surface area (Å²) in [5, 5.41) is 11.7. The van der Waals surface area contributed by atoms with E-state index in [1.165, 1.54) is 12.8 Å². The quantitative estimate of drug-likeness (QED) is 0.487. The molecule has 4 aromatic rings. The van der Waals surface area contributed by atoms with E-state index in [-0.39, 0.29) is 18.1 Å². The summed E-state index contributed by atoms with van der Waals surface area (Å²) >= 11 is 0. The van der Waals surface area contributed by atoms with Gasteiger partial charge in [-0.15, -0.1) is 0 Å². The number of amides is 1. The summed E-state index contributed by atoms with van der Waals surface area (Å²) in [5.74, 6) is 0.583. The Balaban J connectivity index is 1.46. The van der Waals surface area contributed by atoms with Crippen molar-refractivity contribution in [1.29, 1.82) is 0 Å². The van der Waals surface area contributed by atoms with Gasteiger partial charge in [0.25, 0.3) is 5.91 Å². The van der Waals surface area contributed by atoms with Gasteiger partial charge in [0, 0.05) is 49.6 Å². The molecule has 4 heterocycles. The number of carbonyl (C=O) groups is 1. The van der Waals surface area contributed by atoms with Crippen LogP contribution in [0.3, 0.4) is 0 Å². The predicted octanol–water partition coefficient (Wildman–Crippen LogP) is 3.03. The monoisotopic (exact) mass is 431 g/mol. The minimum absolute atomic E-state index is 0.0250. The van der Waals surface area contributed by atoms with Gasteiger partial charge in [-0.05, 0) is 37.8 Å². The lowest BCUT2D eigenvalue weighted by atomic mass is 9.89. The van der Waals surface area contributed by atoms with E-state index in [9.17, 15) is 4.79 Å². The highest BCUT2D eigenvalue weighted by Crippen LogP contribution is 2.40. The molecule has 0 aromatic carbocycles. The van der Waals surface area contributed by atoms with Crippen molar-refractivity contribution >= 4 is 28.4 Å². The Morgan fingerprint density at radius 3 is 2.81 bits per heavy atom. The number of ether oxygens (including phenoxy) is 1. The molecule has 2 fully saturated rings. The van der Waals surface area contributed by atoms with Crippen LogP contribution in [0.5, 0.6) is 0 Å². The fourth-order valence-electron chi connectivity index (χ4n) is 4.52. The Bertz CT molecular complexity index is 1340. The number of fused-ring (bicyclic) bond motifs is 2. The Labute approximate surface area is 184 Å². The van der Waals surface area contributed by atoms with Crippen molar-refractivity contribution in [3.05, 3.63) is 42.4 Å². The third kappa shape index (κ3) is 2.96. The number of rotatable bonds is 6. The summed E-state index contributed by atoms with van der Waals surface area (Å²) < 4.78 is 9.34. The third-order valence-electron chi connectivity index (χ3n) is 6.61. The first-order valence-electron chi connectivity index (χ1n) is 11.0. The first-order valence-corrected chi connectivity index (χ1v) is 11.0. The van der Waals surface area contributed by atoms with Gasteiger partial charge in [0.05, 0.1) is 24.0 Å². The topological polar surface area (TPSA) is 98.4 Å². The zero-order valence-corrected chi connectivity index (χ0v) is 18.1. The first kappa shape index (κ1) is 19.2. The highest BCUT2D eigenvalue weighted by atomic mass is 16.5. The molecule has 2 aliphatic carbocycles. The molecule has 0 aliphatic heterocycles. The first-order chi connectivity index (χ1) is 15.7. The van der Waals surface area contributed by atoms with Crippen molar-refractivity contribution in [3.8, 4) is 11.3 Å². The maximum Gasteiger partial charge on any atom is 0.257 e. The summed E-state index contributed by atoms with van der Waals surface area (Å²) in [5.41, 5.74) is 3.74. The van der Waals surface area contributed by atoms with Gasteiger partial charge in [0.15, 0.2) is 5.65 Å². The van der Waals surface area contributed by atoms with E-state index in [2.05, 4.69) is 37.5 Å². The van der Waals surface area contributed by atoms with Crippen molar-refractivity contribution in [2.45, 2.75) is 43.9 Å². The van der Waals surface area contributed by atoms with E-state index in [1.54, 1.807) is 17.8 Å². The Kier molecular flexibility index (Phi) is 4.39. The molecule has 2 N–H and O–H groups in total.